The lowest BCUT2D eigenvalue weighted by atomic mass is 10.0. The number of benzene rings is 1. The fourth-order valence-electron chi connectivity index (χ4n) is 3.38. The molecule has 4 aromatic rings. The summed E-state index contributed by atoms with van der Waals surface area (Å²) in [5.41, 5.74) is 3.82. The van der Waals surface area contributed by atoms with Gasteiger partial charge in [-0.1, -0.05) is 48.8 Å². The summed E-state index contributed by atoms with van der Waals surface area (Å²) < 4.78 is 5.49. The smallest absolute Gasteiger partial charge is 0.249 e. The van der Waals surface area contributed by atoms with Gasteiger partial charge in [-0.3, -0.25) is 9.78 Å². The molecule has 0 saturated heterocycles. The average molecular weight is 448 g/mol. The molecular weight excluding hydrogens is 422 g/mol. The summed E-state index contributed by atoms with van der Waals surface area (Å²) in [5.74, 6) is 0.793. The van der Waals surface area contributed by atoms with Crippen LogP contribution in [0, 0.1) is 19.8 Å². The van der Waals surface area contributed by atoms with E-state index in [4.69, 9.17) is 4.52 Å². The Morgan fingerprint density at radius 2 is 1.88 bits per heavy atom. The minimum atomic E-state index is -0.391. The van der Waals surface area contributed by atoms with Gasteiger partial charge in [0, 0.05) is 28.4 Å². The number of hydrogen-bond acceptors (Lipinski definition) is 7. The maximum Gasteiger partial charge on any atom is 0.249 e. The van der Waals surface area contributed by atoms with Gasteiger partial charge in [-0.2, -0.15) is 4.98 Å². The van der Waals surface area contributed by atoms with Crippen molar-refractivity contribution in [3.8, 4) is 22.6 Å². The SMILES string of the molecule is Cc1ccc(-c2nc(C)sc2CC(=O)NC(c2nc(-c3cccnc3)no2)C(C)C)cc1. The highest BCUT2D eigenvalue weighted by atomic mass is 32.1. The van der Waals surface area contributed by atoms with Gasteiger partial charge in [-0.05, 0) is 31.9 Å². The van der Waals surface area contributed by atoms with Crippen LogP contribution >= 0.6 is 11.3 Å². The summed E-state index contributed by atoms with van der Waals surface area (Å²) in [6, 6.07) is 11.5. The van der Waals surface area contributed by atoms with E-state index in [9.17, 15) is 4.79 Å². The van der Waals surface area contributed by atoms with Crippen molar-refractivity contribution < 1.29 is 9.32 Å². The quantitative estimate of drug-likeness (QED) is 0.432. The molecule has 3 aromatic heterocycles. The van der Waals surface area contributed by atoms with E-state index in [2.05, 4.69) is 37.6 Å². The van der Waals surface area contributed by atoms with Gasteiger partial charge >= 0.3 is 0 Å². The fraction of sp³-hybridized carbons (Fsp3) is 0.292. The highest BCUT2D eigenvalue weighted by Gasteiger charge is 2.26. The molecular formula is C24H25N5O2S. The maximum atomic E-state index is 13.0. The molecule has 7 nitrogen and oxygen atoms in total. The van der Waals surface area contributed by atoms with E-state index in [1.54, 1.807) is 23.7 Å². The van der Waals surface area contributed by atoms with Crippen LogP contribution in [0.1, 0.15) is 41.2 Å². The molecule has 0 aliphatic heterocycles. The third-order valence-electron chi connectivity index (χ3n) is 5.06. The molecule has 0 radical (unpaired) electrons. The Kier molecular flexibility index (Phi) is 6.41. The predicted octanol–water partition coefficient (Wildman–Crippen LogP) is 4.93. The Balaban J connectivity index is 1.52. The van der Waals surface area contributed by atoms with Crippen molar-refractivity contribution in [2.75, 3.05) is 0 Å². The molecule has 0 aliphatic rings. The van der Waals surface area contributed by atoms with Crippen molar-refractivity contribution in [3.63, 3.8) is 0 Å². The third kappa shape index (κ3) is 4.91. The van der Waals surface area contributed by atoms with Gasteiger partial charge in [0.05, 0.1) is 17.1 Å². The number of aryl methyl sites for hydroxylation is 2. The van der Waals surface area contributed by atoms with E-state index < -0.39 is 6.04 Å². The van der Waals surface area contributed by atoms with Crippen LogP contribution in [-0.4, -0.2) is 26.0 Å². The number of thiazole rings is 1. The van der Waals surface area contributed by atoms with Crippen molar-refractivity contribution in [2.45, 2.75) is 40.2 Å². The first-order valence-corrected chi connectivity index (χ1v) is 11.3. The van der Waals surface area contributed by atoms with Crippen LogP contribution in [0.2, 0.25) is 0 Å². The summed E-state index contributed by atoms with van der Waals surface area (Å²) in [4.78, 5) is 27.2. The molecule has 1 unspecified atom stereocenters. The molecule has 32 heavy (non-hydrogen) atoms. The summed E-state index contributed by atoms with van der Waals surface area (Å²) in [6.07, 6.45) is 3.60. The molecule has 1 atom stereocenters. The Labute approximate surface area is 190 Å². The summed E-state index contributed by atoms with van der Waals surface area (Å²) in [7, 11) is 0. The number of nitrogens with one attached hydrogen (secondary N) is 1. The van der Waals surface area contributed by atoms with E-state index >= 15 is 0 Å². The molecule has 164 valence electrons. The van der Waals surface area contributed by atoms with Gasteiger partial charge in [-0.15, -0.1) is 11.3 Å². The Morgan fingerprint density at radius 3 is 2.56 bits per heavy atom. The van der Waals surface area contributed by atoms with Crippen molar-refractivity contribution in [1.82, 2.24) is 25.4 Å². The van der Waals surface area contributed by atoms with Gasteiger partial charge in [0.2, 0.25) is 17.6 Å². The zero-order valence-corrected chi connectivity index (χ0v) is 19.3. The monoisotopic (exact) mass is 447 g/mol. The van der Waals surface area contributed by atoms with Crippen LogP contribution in [0.5, 0.6) is 0 Å². The van der Waals surface area contributed by atoms with E-state index in [0.717, 1.165) is 26.7 Å². The minimum absolute atomic E-state index is 0.0703. The number of pyridine rings is 1. The van der Waals surface area contributed by atoms with E-state index in [-0.39, 0.29) is 18.2 Å². The molecule has 0 aliphatic carbocycles. The van der Waals surface area contributed by atoms with Crippen LogP contribution < -0.4 is 5.32 Å². The van der Waals surface area contributed by atoms with Crippen molar-refractivity contribution in [2.24, 2.45) is 5.92 Å². The Bertz CT molecular complexity index is 1200. The topological polar surface area (TPSA) is 93.8 Å². The second kappa shape index (κ2) is 9.40. The Morgan fingerprint density at radius 1 is 1.09 bits per heavy atom. The van der Waals surface area contributed by atoms with E-state index in [1.807, 2.05) is 52.0 Å². The molecule has 4 rings (SSSR count). The van der Waals surface area contributed by atoms with Crippen LogP contribution in [-0.2, 0) is 11.2 Å². The number of rotatable bonds is 7. The number of amides is 1. The maximum absolute atomic E-state index is 13.0. The summed E-state index contributed by atoms with van der Waals surface area (Å²) >= 11 is 1.54. The number of aromatic nitrogens is 4. The van der Waals surface area contributed by atoms with Gasteiger partial charge in [0.25, 0.3) is 0 Å². The molecule has 1 N–H and O–H groups in total. The lowest BCUT2D eigenvalue weighted by molar-refractivity contribution is -0.121. The van der Waals surface area contributed by atoms with Crippen LogP contribution in [0.3, 0.4) is 0 Å². The molecule has 8 heteroatoms. The molecule has 0 fully saturated rings. The van der Waals surface area contributed by atoms with Crippen molar-refractivity contribution >= 4 is 17.2 Å². The van der Waals surface area contributed by atoms with Crippen molar-refractivity contribution in [1.29, 1.82) is 0 Å². The first-order chi connectivity index (χ1) is 15.4. The molecule has 0 spiro atoms. The van der Waals surface area contributed by atoms with Crippen LogP contribution in [0.25, 0.3) is 22.6 Å². The van der Waals surface area contributed by atoms with Gasteiger partial charge in [0.1, 0.15) is 6.04 Å². The Hall–Kier alpha value is -3.39. The number of hydrogen-bond donors (Lipinski definition) is 1. The predicted molar refractivity (Wildman–Crippen MR) is 124 cm³/mol. The highest BCUT2D eigenvalue weighted by Crippen LogP contribution is 2.29. The van der Waals surface area contributed by atoms with E-state index in [1.165, 1.54) is 5.56 Å². The molecule has 1 aromatic carbocycles. The number of carbonyl (C=O) groups excluding carboxylic acids is 1. The molecule has 3 heterocycles. The first kappa shape index (κ1) is 21.8. The molecule has 0 saturated carbocycles. The van der Waals surface area contributed by atoms with Crippen molar-refractivity contribution in [3.05, 3.63) is 70.1 Å². The highest BCUT2D eigenvalue weighted by molar-refractivity contribution is 7.12. The number of carbonyl (C=O) groups is 1. The van der Waals surface area contributed by atoms with Crippen LogP contribution in [0.4, 0.5) is 0 Å². The largest absolute Gasteiger partial charge is 0.344 e. The van der Waals surface area contributed by atoms with Gasteiger partial charge in [-0.25, -0.2) is 4.98 Å². The van der Waals surface area contributed by atoms with E-state index in [0.29, 0.717) is 11.7 Å². The first-order valence-electron chi connectivity index (χ1n) is 10.5. The standard InChI is InChI=1S/C24H25N5O2S/c1-14(2)21(24-28-23(29-31-24)18-6-5-11-25-13-18)27-20(30)12-19-22(26-16(4)32-19)17-9-7-15(3)8-10-17/h5-11,13-14,21H,12H2,1-4H3,(H,27,30). The lowest BCUT2D eigenvalue weighted by Gasteiger charge is -2.18. The number of nitrogens with zero attached hydrogens (tertiary/aromatic N) is 4. The second-order valence-corrected chi connectivity index (χ2v) is 9.32. The van der Waals surface area contributed by atoms with Gasteiger partial charge in [0.15, 0.2) is 0 Å². The summed E-state index contributed by atoms with van der Waals surface area (Å²) in [5, 5.41) is 8.06. The molecule has 1 amide bonds. The molecule has 0 bridgehead atoms. The second-order valence-electron chi connectivity index (χ2n) is 8.03. The third-order valence-corrected chi connectivity index (χ3v) is 6.03. The average Bonchev–Trinajstić information content (AvgIpc) is 3.40. The fourth-order valence-corrected chi connectivity index (χ4v) is 4.34. The van der Waals surface area contributed by atoms with Crippen LogP contribution in [0.15, 0.2) is 53.3 Å². The lowest BCUT2D eigenvalue weighted by Crippen LogP contribution is -2.33. The normalized spacial score (nSPS) is 12.2. The zero-order valence-electron chi connectivity index (χ0n) is 18.5. The minimum Gasteiger partial charge on any atom is -0.344 e. The van der Waals surface area contributed by atoms with Gasteiger partial charge < -0.3 is 9.84 Å². The zero-order chi connectivity index (χ0) is 22.7. The summed E-state index contributed by atoms with van der Waals surface area (Å²) in [6.45, 7) is 8.02.